The highest BCUT2D eigenvalue weighted by Crippen LogP contribution is 2.27. The molecule has 2 fully saturated rings. The zero-order valence-electron chi connectivity index (χ0n) is 18.7. The second kappa shape index (κ2) is 12.0. The molecular weight excluding hydrogens is 410 g/mol. The summed E-state index contributed by atoms with van der Waals surface area (Å²) >= 11 is 1.78. The van der Waals surface area contributed by atoms with Crippen LogP contribution in [0.3, 0.4) is 0 Å². The van der Waals surface area contributed by atoms with Gasteiger partial charge < -0.3 is 20.4 Å². The Morgan fingerprint density at radius 2 is 1.90 bits per heavy atom. The summed E-state index contributed by atoms with van der Waals surface area (Å²) in [6.07, 6.45) is 5.32. The Hall–Kier alpha value is -2.22. The average molecular weight is 446 g/mol. The molecule has 1 aromatic rings. The fraction of sp³-hybridized carbons (Fsp3) is 0.609. The molecule has 1 heterocycles. The number of likely N-dealkylation sites (N-methyl/N-ethyl adjacent to an activating group) is 1. The van der Waals surface area contributed by atoms with Crippen molar-refractivity contribution < 1.29 is 9.59 Å². The third-order valence-corrected chi connectivity index (χ3v) is 6.84. The minimum Gasteiger partial charge on any atom is -0.356 e. The molecule has 1 saturated carbocycles. The van der Waals surface area contributed by atoms with Crippen molar-refractivity contribution in [3.05, 3.63) is 30.3 Å². The molecule has 0 radical (unpaired) electrons. The van der Waals surface area contributed by atoms with E-state index in [9.17, 15) is 9.59 Å². The Bertz CT molecular complexity index is 750. The molecule has 31 heavy (non-hydrogen) atoms. The number of benzene rings is 1. The molecule has 1 aromatic carbocycles. The first-order chi connectivity index (χ1) is 15.0. The second-order valence-corrected chi connectivity index (χ2v) is 9.61. The molecule has 0 bridgehead atoms. The van der Waals surface area contributed by atoms with Crippen LogP contribution in [0.4, 0.5) is 0 Å². The van der Waals surface area contributed by atoms with Crippen LogP contribution in [0.2, 0.25) is 0 Å². The van der Waals surface area contributed by atoms with Crippen LogP contribution in [0.5, 0.6) is 0 Å². The fourth-order valence-corrected chi connectivity index (χ4v) is 4.79. The summed E-state index contributed by atoms with van der Waals surface area (Å²) < 4.78 is 0. The molecule has 170 valence electrons. The van der Waals surface area contributed by atoms with Gasteiger partial charge in [0.1, 0.15) is 6.54 Å². The van der Waals surface area contributed by atoms with Gasteiger partial charge in [0.2, 0.25) is 11.8 Å². The van der Waals surface area contributed by atoms with Crippen molar-refractivity contribution in [2.75, 3.05) is 46.0 Å². The zero-order valence-corrected chi connectivity index (χ0v) is 19.5. The van der Waals surface area contributed by atoms with Crippen molar-refractivity contribution in [2.45, 2.75) is 43.0 Å². The number of carbonyl (C=O) groups is 2. The van der Waals surface area contributed by atoms with Crippen molar-refractivity contribution in [1.82, 2.24) is 20.4 Å². The number of nitrogens with zero attached hydrogens (tertiary/aromatic N) is 3. The Morgan fingerprint density at radius 3 is 2.61 bits per heavy atom. The van der Waals surface area contributed by atoms with Crippen molar-refractivity contribution >= 4 is 29.5 Å². The highest BCUT2D eigenvalue weighted by atomic mass is 32.2. The second-order valence-electron chi connectivity index (χ2n) is 8.44. The molecule has 2 N–H and O–H groups in total. The van der Waals surface area contributed by atoms with Gasteiger partial charge in [-0.1, -0.05) is 31.0 Å². The Labute approximate surface area is 190 Å². The quantitative estimate of drug-likeness (QED) is 0.278. The molecule has 2 amide bonds. The van der Waals surface area contributed by atoms with Gasteiger partial charge in [-0.2, -0.15) is 0 Å². The van der Waals surface area contributed by atoms with Crippen LogP contribution in [-0.4, -0.2) is 79.6 Å². The summed E-state index contributed by atoms with van der Waals surface area (Å²) in [5.74, 6) is 2.03. The summed E-state index contributed by atoms with van der Waals surface area (Å²) in [6, 6.07) is 10.4. The summed E-state index contributed by atoms with van der Waals surface area (Å²) in [4.78, 5) is 34.0. The first-order valence-electron chi connectivity index (χ1n) is 11.2. The highest BCUT2D eigenvalue weighted by Gasteiger charge is 2.32. The van der Waals surface area contributed by atoms with E-state index in [0.29, 0.717) is 18.4 Å². The van der Waals surface area contributed by atoms with Crippen LogP contribution >= 0.6 is 11.8 Å². The Morgan fingerprint density at radius 1 is 1.16 bits per heavy atom. The van der Waals surface area contributed by atoms with Gasteiger partial charge >= 0.3 is 0 Å². The van der Waals surface area contributed by atoms with Crippen molar-refractivity contribution in [3.63, 3.8) is 0 Å². The van der Waals surface area contributed by atoms with Gasteiger partial charge in [-0.3, -0.25) is 9.59 Å². The van der Waals surface area contributed by atoms with Crippen molar-refractivity contribution in [3.8, 4) is 0 Å². The molecule has 8 heteroatoms. The molecule has 1 aliphatic heterocycles. The van der Waals surface area contributed by atoms with Gasteiger partial charge in [-0.05, 0) is 31.4 Å². The molecule has 2 aliphatic rings. The van der Waals surface area contributed by atoms with E-state index in [0.717, 1.165) is 38.1 Å². The maximum Gasteiger partial charge on any atom is 0.243 e. The molecule has 1 saturated heterocycles. The third-order valence-electron chi connectivity index (χ3n) is 5.82. The first-order valence-corrected chi connectivity index (χ1v) is 12.2. The molecule has 7 nitrogen and oxygen atoms in total. The smallest absolute Gasteiger partial charge is 0.243 e. The van der Waals surface area contributed by atoms with Crippen LogP contribution in [0.15, 0.2) is 40.2 Å². The molecule has 0 aromatic heterocycles. The van der Waals surface area contributed by atoms with E-state index in [-0.39, 0.29) is 24.4 Å². The summed E-state index contributed by atoms with van der Waals surface area (Å²) in [5.41, 5.74) is 0. The highest BCUT2D eigenvalue weighted by molar-refractivity contribution is 7.99. The maximum atomic E-state index is 12.7. The molecule has 1 aliphatic carbocycles. The van der Waals surface area contributed by atoms with E-state index in [1.165, 1.54) is 17.7 Å². The molecule has 0 spiro atoms. The lowest BCUT2D eigenvalue weighted by Gasteiger charge is -2.21. The summed E-state index contributed by atoms with van der Waals surface area (Å²) in [7, 11) is 3.47. The number of rotatable bonds is 8. The SMILES string of the molecule is CN(C)C(=O)CN=C(NCCSc1ccccc1)NC1CCN(C(=O)C2CCCC2)C1. The number of nitrogens with one attached hydrogen (secondary N) is 2. The number of guanidine groups is 1. The number of aliphatic imine (C=N–C) groups is 1. The number of hydrogen-bond donors (Lipinski definition) is 2. The summed E-state index contributed by atoms with van der Waals surface area (Å²) in [5, 5.41) is 6.80. The third kappa shape index (κ3) is 7.45. The fourth-order valence-electron chi connectivity index (χ4n) is 4.00. The molecular formula is C23H35N5O2S. The maximum absolute atomic E-state index is 12.7. The largest absolute Gasteiger partial charge is 0.356 e. The molecule has 1 atom stereocenters. The van der Waals surface area contributed by atoms with Gasteiger partial charge in [-0.15, -0.1) is 11.8 Å². The Balaban J connectivity index is 1.50. The van der Waals surface area contributed by atoms with E-state index in [1.807, 2.05) is 23.1 Å². The molecule has 1 unspecified atom stereocenters. The Kier molecular flexibility index (Phi) is 9.06. The predicted octanol–water partition coefficient (Wildman–Crippen LogP) is 2.19. The number of amides is 2. The van der Waals surface area contributed by atoms with Gasteiger partial charge in [0.05, 0.1) is 0 Å². The zero-order chi connectivity index (χ0) is 22.1. The van der Waals surface area contributed by atoms with Gasteiger partial charge in [0.15, 0.2) is 5.96 Å². The van der Waals surface area contributed by atoms with Crippen molar-refractivity contribution in [2.24, 2.45) is 10.9 Å². The minimum atomic E-state index is -0.0378. The van der Waals surface area contributed by atoms with E-state index in [4.69, 9.17) is 0 Å². The van der Waals surface area contributed by atoms with E-state index < -0.39 is 0 Å². The van der Waals surface area contributed by atoms with E-state index in [1.54, 1.807) is 30.8 Å². The topological polar surface area (TPSA) is 77.0 Å². The predicted molar refractivity (Wildman–Crippen MR) is 126 cm³/mol. The van der Waals surface area contributed by atoms with Crippen LogP contribution < -0.4 is 10.6 Å². The monoisotopic (exact) mass is 445 g/mol. The first kappa shape index (κ1) is 23.4. The van der Waals surface area contributed by atoms with Gasteiger partial charge in [0.25, 0.3) is 0 Å². The van der Waals surface area contributed by atoms with E-state index in [2.05, 4.69) is 27.8 Å². The number of hydrogen-bond acceptors (Lipinski definition) is 4. The number of carbonyl (C=O) groups excluding carboxylic acids is 2. The standard InChI is InChI=1S/C23H35N5O2S/c1-27(2)21(29)16-25-23(24-13-15-31-20-10-4-3-5-11-20)26-19-12-14-28(17-19)22(30)18-8-6-7-9-18/h3-5,10-11,18-19H,6-9,12-17H2,1-2H3,(H2,24,25,26). The summed E-state index contributed by atoms with van der Waals surface area (Å²) in [6.45, 7) is 2.34. The normalized spacial score (nSPS) is 19.5. The minimum absolute atomic E-state index is 0.0378. The van der Waals surface area contributed by atoms with Crippen LogP contribution in [-0.2, 0) is 9.59 Å². The number of likely N-dealkylation sites (tertiary alicyclic amines) is 1. The van der Waals surface area contributed by atoms with Gasteiger partial charge in [-0.25, -0.2) is 4.99 Å². The van der Waals surface area contributed by atoms with Crippen molar-refractivity contribution in [1.29, 1.82) is 0 Å². The lowest BCUT2D eigenvalue weighted by molar-refractivity contribution is -0.134. The van der Waals surface area contributed by atoms with Crippen LogP contribution in [0.25, 0.3) is 0 Å². The average Bonchev–Trinajstić information content (AvgIpc) is 3.47. The molecule has 3 rings (SSSR count). The van der Waals surface area contributed by atoms with E-state index >= 15 is 0 Å². The number of thioether (sulfide) groups is 1. The lowest BCUT2D eigenvalue weighted by Crippen LogP contribution is -2.46. The lowest BCUT2D eigenvalue weighted by atomic mass is 10.1. The van der Waals surface area contributed by atoms with Crippen LogP contribution in [0, 0.1) is 5.92 Å². The van der Waals surface area contributed by atoms with Crippen LogP contribution in [0.1, 0.15) is 32.1 Å². The van der Waals surface area contributed by atoms with Gasteiger partial charge in [0, 0.05) is 56.3 Å².